The number of carbonyl (C=O) groups excluding carboxylic acids is 2. The fraction of sp³-hybridized carbons (Fsp3) is 0.286. The van der Waals surface area contributed by atoms with Crippen LogP contribution >= 0.6 is 0 Å². The normalized spacial score (nSPS) is 11.7. The highest BCUT2D eigenvalue weighted by molar-refractivity contribution is 6.08. The number of phenols is 2. The Morgan fingerprint density at radius 3 is 1.21 bits per heavy atom. The third kappa shape index (κ3) is 5.39. The Balaban J connectivity index is 1.73. The van der Waals surface area contributed by atoms with Gasteiger partial charge < -0.3 is 20.8 Å². The molecule has 2 amide bonds. The van der Waals surface area contributed by atoms with Gasteiger partial charge in [-0.25, -0.2) is 0 Å². The summed E-state index contributed by atoms with van der Waals surface area (Å²) in [7, 11) is 0. The number of carbonyl (C=O) groups is 2. The van der Waals surface area contributed by atoms with E-state index in [-0.39, 0.29) is 33.5 Å². The van der Waals surface area contributed by atoms with E-state index >= 15 is 0 Å². The van der Waals surface area contributed by atoms with Gasteiger partial charge in [0.05, 0.1) is 11.1 Å². The van der Waals surface area contributed by atoms with Crippen molar-refractivity contribution in [3.8, 4) is 11.5 Å². The summed E-state index contributed by atoms with van der Waals surface area (Å²) in [4.78, 5) is 25.5. The summed E-state index contributed by atoms with van der Waals surface area (Å²) in [6, 6.07) is 16.9. The molecule has 0 atom stereocenters. The second-order valence-electron chi connectivity index (χ2n) is 10.4. The average Bonchev–Trinajstić information content (AvgIpc) is 2.73. The van der Waals surface area contributed by atoms with Crippen molar-refractivity contribution < 1.29 is 19.8 Å². The van der Waals surface area contributed by atoms with Crippen LogP contribution in [0.4, 0.5) is 11.4 Å². The molecule has 0 aliphatic carbocycles. The van der Waals surface area contributed by atoms with Gasteiger partial charge in [0.25, 0.3) is 11.8 Å². The Kier molecular flexibility index (Phi) is 6.73. The second kappa shape index (κ2) is 9.21. The van der Waals surface area contributed by atoms with E-state index in [2.05, 4.69) is 10.6 Å². The summed E-state index contributed by atoms with van der Waals surface area (Å²) >= 11 is 0. The minimum atomic E-state index is -0.427. The molecule has 0 unspecified atom stereocenters. The Morgan fingerprint density at radius 1 is 0.588 bits per heavy atom. The van der Waals surface area contributed by atoms with Crippen molar-refractivity contribution in [2.24, 2.45) is 0 Å². The largest absolute Gasteiger partial charge is 0.507 e. The number of phenolic OH excluding ortho intramolecular Hbond substituents is 2. The summed E-state index contributed by atoms with van der Waals surface area (Å²) in [6.45, 7) is 11.8. The molecule has 3 aromatic rings. The summed E-state index contributed by atoms with van der Waals surface area (Å²) in [6.07, 6.45) is 0. The molecule has 0 radical (unpaired) electrons. The molecule has 0 aliphatic rings. The number of hydrogen-bond donors (Lipinski definition) is 4. The van der Waals surface area contributed by atoms with Crippen molar-refractivity contribution in [3.05, 3.63) is 82.9 Å². The van der Waals surface area contributed by atoms with Crippen molar-refractivity contribution in [1.29, 1.82) is 0 Å². The monoisotopic (exact) mass is 460 g/mol. The SMILES string of the molecule is CC(C)(C)c1cccc(C(=O)Nc2ccc(NC(=O)c3cccc(C(C)(C)C)c3O)cc2)c1O. The quantitative estimate of drug-likeness (QED) is 0.373. The van der Waals surface area contributed by atoms with Crippen LogP contribution in [0.5, 0.6) is 11.5 Å². The lowest BCUT2D eigenvalue weighted by molar-refractivity contribution is 0.101. The molecule has 0 fully saturated rings. The zero-order valence-corrected chi connectivity index (χ0v) is 20.5. The minimum Gasteiger partial charge on any atom is -0.507 e. The predicted molar refractivity (Wildman–Crippen MR) is 136 cm³/mol. The topological polar surface area (TPSA) is 98.7 Å². The number of rotatable bonds is 4. The standard InChI is InChI=1S/C28H32N2O4/c1-27(2,3)21-11-7-9-19(23(21)31)25(33)29-17-13-15-18(16-14-17)30-26(34)20-10-8-12-22(24(20)32)28(4,5)6/h7-16,31-32H,1-6H3,(H,29,33)(H,30,34). The zero-order valence-electron chi connectivity index (χ0n) is 20.5. The third-order valence-electron chi connectivity index (χ3n) is 5.58. The fourth-order valence-corrected chi connectivity index (χ4v) is 3.70. The van der Waals surface area contributed by atoms with Gasteiger partial charge in [0.2, 0.25) is 0 Å². The number of anilines is 2. The van der Waals surface area contributed by atoms with E-state index < -0.39 is 11.8 Å². The zero-order chi connectivity index (χ0) is 25.3. The van der Waals surface area contributed by atoms with Crippen LogP contribution in [0.15, 0.2) is 60.7 Å². The smallest absolute Gasteiger partial charge is 0.259 e. The highest BCUT2D eigenvalue weighted by Crippen LogP contribution is 2.34. The Bertz CT molecular complexity index is 1120. The Morgan fingerprint density at radius 2 is 0.912 bits per heavy atom. The molecule has 0 spiro atoms. The maximum atomic E-state index is 12.7. The van der Waals surface area contributed by atoms with Crippen molar-refractivity contribution in [1.82, 2.24) is 0 Å². The molecule has 6 heteroatoms. The molecule has 0 saturated heterocycles. The highest BCUT2D eigenvalue weighted by Gasteiger charge is 2.23. The van der Waals surface area contributed by atoms with Crippen LogP contribution in [0.2, 0.25) is 0 Å². The van der Waals surface area contributed by atoms with E-state index in [9.17, 15) is 19.8 Å². The summed E-state index contributed by atoms with van der Waals surface area (Å²) in [5.41, 5.74) is 2.19. The van der Waals surface area contributed by atoms with Gasteiger partial charge in [-0.2, -0.15) is 0 Å². The maximum absolute atomic E-state index is 12.7. The number of hydrogen-bond acceptors (Lipinski definition) is 4. The number of aromatic hydroxyl groups is 2. The first-order valence-electron chi connectivity index (χ1n) is 11.2. The molecule has 0 saturated carbocycles. The van der Waals surface area contributed by atoms with Gasteiger partial charge in [0.1, 0.15) is 11.5 Å². The predicted octanol–water partition coefficient (Wildman–Crippen LogP) is 6.20. The fourth-order valence-electron chi connectivity index (χ4n) is 3.70. The molecule has 0 aromatic heterocycles. The molecular formula is C28H32N2O4. The van der Waals surface area contributed by atoms with Crippen LogP contribution < -0.4 is 10.6 Å². The summed E-state index contributed by atoms with van der Waals surface area (Å²) < 4.78 is 0. The van der Waals surface area contributed by atoms with Gasteiger partial charge in [-0.05, 0) is 47.2 Å². The lowest BCUT2D eigenvalue weighted by Crippen LogP contribution is -2.17. The minimum absolute atomic E-state index is 0.0336. The molecule has 6 nitrogen and oxygen atoms in total. The maximum Gasteiger partial charge on any atom is 0.259 e. The number of benzene rings is 3. The van der Waals surface area contributed by atoms with Crippen LogP contribution in [0.25, 0.3) is 0 Å². The van der Waals surface area contributed by atoms with Crippen molar-refractivity contribution in [2.45, 2.75) is 52.4 Å². The first-order chi connectivity index (χ1) is 15.8. The van der Waals surface area contributed by atoms with E-state index in [1.165, 1.54) is 0 Å². The molecule has 0 heterocycles. The summed E-state index contributed by atoms with van der Waals surface area (Å²) in [5.74, 6) is -0.920. The lowest BCUT2D eigenvalue weighted by Gasteiger charge is -2.21. The van der Waals surface area contributed by atoms with Gasteiger partial charge in [0.15, 0.2) is 0 Å². The highest BCUT2D eigenvalue weighted by atomic mass is 16.3. The molecule has 178 valence electrons. The van der Waals surface area contributed by atoms with Crippen molar-refractivity contribution >= 4 is 23.2 Å². The molecule has 3 rings (SSSR count). The van der Waals surface area contributed by atoms with Gasteiger partial charge in [-0.15, -0.1) is 0 Å². The van der Waals surface area contributed by atoms with Crippen LogP contribution in [-0.4, -0.2) is 22.0 Å². The van der Waals surface area contributed by atoms with E-state index in [4.69, 9.17) is 0 Å². The van der Waals surface area contributed by atoms with E-state index in [1.54, 1.807) is 60.7 Å². The molecular weight excluding hydrogens is 428 g/mol. The Hall–Kier alpha value is -3.80. The average molecular weight is 461 g/mol. The first kappa shape index (κ1) is 24.8. The van der Waals surface area contributed by atoms with Gasteiger partial charge >= 0.3 is 0 Å². The molecule has 34 heavy (non-hydrogen) atoms. The first-order valence-corrected chi connectivity index (χ1v) is 11.2. The van der Waals surface area contributed by atoms with Crippen molar-refractivity contribution in [3.63, 3.8) is 0 Å². The van der Waals surface area contributed by atoms with E-state index in [0.717, 1.165) is 0 Å². The number of nitrogens with one attached hydrogen (secondary N) is 2. The van der Waals surface area contributed by atoms with E-state index in [1.807, 2.05) is 41.5 Å². The number of amides is 2. The van der Waals surface area contributed by atoms with Crippen LogP contribution in [-0.2, 0) is 10.8 Å². The molecule has 0 bridgehead atoms. The molecule has 0 aliphatic heterocycles. The van der Waals surface area contributed by atoms with Gasteiger partial charge in [-0.3, -0.25) is 9.59 Å². The van der Waals surface area contributed by atoms with Crippen molar-refractivity contribution in [2.75, 3.05) is 10.6 Å². The second-order valence-corrected chi connectivity index (χ2v) is 10.4. The number of para-hydroxylation sites is 2. The van der Waals surface area contributed by atoms with E-state index in [0.29, 0.717) is 22.5 Å². The Labute approximate surface area is 200 Å². The van der Waals surface area contributed by atoms with Gasteiger partial charge in [0, 0.05) is 22.5 Å². The van der Waals surface area contributed by atoms with Crippen LogP contribution in [0.1, 0.15) is 73.4 Å². The molecule has 3 aromatic carbocycles. The van der Waals surface area contributed by atoms with Crippen LogP contribution in [0, 0.1) is 0 Å². The van der Waals surface area contributed by atoms with Crippen LogP contribution in [0.3, 0.4) is 0 Å². The summed E-state index contributed by atoms with van der Waals surface area (Å²) in [5, 5.41) is 26.7. The van der Waals surface area contributed by atoms with Gasteiger partial charge in [-0.1, -0.05) is 65.8 Å². The molecule has 4 N–H and O–H groups in total. The third-order valence-corrected chi connectivity index (χ3v) is 5.58. The lowest BCUT2D eigenvalue weighted by atomic mass is 9.85.